The van der Waals surface area contributed by atoms with Crippen LogP contribution in [-0.4, -0.2) is 52.3 Å². The van der Waals surface area contributed by atoms with Gasteiger partial charge in [-0.2, -0.15) is 0 Å². The maximum Gasteiger partial charge on any atom is 0.257 e. The maximum absolute atomic E-state index is 13.4. The quantitative estimate of drug-likeness (QED) is 0.134. The molecule has 8 heteroatoms. The standard InChI is InChI=1S/C33H35N5O2S/c39-32(29-15-20-38-30(29)24-41-33(38)27-13-8-16-34-23-27)35-28-14-7-12-26(22-28)31(25-10-3-1-4-11-25)36-40-21-9-19-37-17-5-2-6-18-37/h1,3-4,7-8,10-16,20,22-23,33H,2,5-6,9,17-19,21,24H2,(H,35,39)/b36-31+. The molecule has 210 valence electrons. The van der Waals surface area contributed by atoms with Crippen molar-refractivity contribution in [1.82, 2.24) is 14.5 Å². The number of fused-ring (bicyclic) bond motifs is 1. The van der Waals surface area contributed by atoms with Crippen LogP contribution < -0.4 is 5.32 Å². The van der Waals surface area contributed by atoms with Crippen LogP contribution in [0.4, 0.5) is 5.69 Å². The van der Waals surface area contributed by atoms with E-state index in [9.17, 15) is 4.79 Å². The van der Waals surface area contributed by atoms with Gasteiger partial charge in [0.25, 0.3) is 5.91 Å². The zero-order valence-corrected chi connectivity index (χ0v) is 23.9. The lowest BCUT2D eigenvalue weighted by Crippen LogP contribution is -2.31. The molecule has 7 nitrogen and oxygen atoms in total. The molecular weight excluding hydrogens is 530 g/mol. The van der Waals surface area contributed by atoms with Gasteiger partial charge >= 0.3 is 0 Å². The molecule has 0 saturated carbocycles. The Morgan fingerprint density at radius 3 is 2.68 bits per heavy atom. The molecule has 1 amide bonds. The molecule has 1 atom stereocenters. The van der Waals surface area contributed by atoms with Crippen molar-refractivity contribution < 1.29 is 9.63 Å². The normalized spacial score (nSPS) is 17.3. The van der Waals surface area contributed by atoms with Crippen LogP contribution in [0.25, 0.3) is 0 Å². The number of benzene rings is 2. The zero-order valence-electron chi connectivity index (χ0n) is 23.1. The number of nitrogens with one attached hydrogen (secondary N) is 1. The molecule has 0 radical (unpaired) electrons. The van der Waals surface area contributed by atoms with E-state index in [1.54, 1.807) is 18.0 Å². The van der Waals surface area contributed by atoms with Crippen LogP contribution in [0.3, 0.4) is 0 Å². The highest BCUT2D eigenvalue weighted by atomic mass is 32.2. The first-order valence-electron chi connectivity index (χ1n) is 14.4. The minimum Gasteiger partial charge on any atom is -0.395 e. The number of oxime groups is 1. The molecule has 6 rings (SSSR count). The van der Waals surface area contributed by atoms with Gasteiger partial charge in [0.15, 0.2) is 0 Å². The van der Waals surface area contributed by atoms with Gasteiger partial charge in [-0.25, -0.2) is 0 Å². The molecule has 4 aromatic rings. The zero-order chi connectivity index (χ0) is 27.9. The fraction of sp³-hybridized carbons (Fsp3) is 0.303. The van der Waals surface area contributed by atoms with Crippen LogP contribution in [0.5, 0.6) is 0 Å². The summed E-state index contributed by atoms with van der Waals surface area (Å²) in [6.45, 7) is 3.99. The molecule has 1 N–H and O–H groups in total. The van der Waals surface area contributed by atoms with Crippen molar-refractivity contribution in [1.29, 1.82) is 0 Å². The van der Waals surface area contributed by atoms with Crippen LogP contribution in [0, 0.1) is 0 Å². The smallest absolute Gasteiger partial charge is 0.257 e. The van der Waals surface area contributed by atoms with Gasteiger partial charge in [-0.1, -0.05) is 60.1 Å². The minimum absolute atomic E-state index is 0.115. The van der Waals surface area contributed by atoms with E-state index in [-0.39, 0.29) is 11.3 Å². The summed E-state index contributed by atoms with van der Waals surface area (Å²) in [7, 11) is 0. The van der Waals surface area contributed by atoms with Gasteiger partial charge in [-0.15, -0.1) is 11.8 Å². The van der Waals surface area contributed by atoms with E-state index in [1.807, 2.05) is 79.1 Å². The first-order chi connectivity index (χ1) is 20.3. The number of likely N-dealkylation sites (tertiary alicyclic amines) is 1. The highest BCUT2D eigenvalue weighted by Crippen LogP contribution is 2.42. The molecule has 0 aliphatic carbocycles. The molecule has 2 aromatic heterocycles. The number of carbonyl (C=O) groups excluding carboxylic acids is 1. The van der Waals surface area contributed by atoms with E-state index in [2.05, 4.69) is 31.0 Å². The number of aromatic nitrogens is 2. The average Bonchev–Trinajstić information content (AvgIpc) is 3.63. The number of anilines is 1. The second-order valence-corrected chi connectivity index (χ2v) is 11.5. The first-order valence-corrected chi connectivity index (χ1v) is 15.4. The van der Waals surface area contributed by atoms with Crippen molar-refractivity contribution in [2.45, 2.75) is 36.8 Å². The van der Waals surface area contributed by atoms with Crippen LogP contribution in [0.15, 0.2) is 96.5 Å². The Labute approximate surface area is 245 Å². The van der Waals surface area contributed by atoms with Gasteiger partial charge in [0, 0.05) is 59.0 Å². The van der Waals surface area contributed by atoms with E-state index >= 15 is 0 Å². The molecule has 2 aliphatic rings. The lowest BCUT2D eigenvalue weighted by molar-refractivity contribution is 0.102. The third-order valence-corrected chi connectivity index (χ3v) is 8.88. The van der Waals surface area contributed by atoms with Crippen molar-refractivity contribution in [3.63, 3.8) is 0 Å². The predicted molar refractivity (Wildman–Crippen MR) is 165 cm³/mol. The van der Waals surface area contributed by atoms with Gasteiger partial charge in [-0.3, -0.25) is 9.78 Å². The van der Waals surface area contributed by atoms with E-state index in [0.29, 0.717) is 12.2 Å². The number of piperidine rings is 1. The topological polar surface area (TPSA) is 71.8 Å². The van der Waals surface area contributed by atoms with Crippen molar-refractivity contribution >= 4 is 29.1 Å². The van der Waals surface area contributed by atoms with Crippen LogP contribution >= 0.6 is 11.8 Å². The van der Waals surface area contributed by atoms with Crippen LogP contribution in [0.1, 0.15) is 63.8 Å². The molecule has 0 spiro atoms. The summed E-state index contributed by atoms with van der Waals surface area (Å²) in [6, 6.07) is 23.8. The lowest BCUT2D eigenvalue weighted by Gasteiger charge is -2.25. The minimum atomic E-state index is -0.115. The Kier molecular flexibility index (Phi) is 8.78. The van der Waals surface area contributed by atoms with Crippen LogP contribution in [0.2, 0.25) is 0 Å². The molecule has 1 saturated heterocycles. The Balaban J connectivity index is 1.15. The Morgan fingerprint density at radius 2 is 1.85 bits per heavy atom. The third-order valence-electron chi connectivity index (χ3n) is 7.62. The number of amides is 1. The molecule has 1 unspecified atom stereocenters. The molecule has 4 heterocycles. The molecule has 0 bridgehead atoms. The molecule has 2 aliphatic heterocycles. The maximum atomic E-state index is 13.4. The van der Waals surface area contributed by atoms with Gasteiger partial charge in [0.05, 0.1) is 5.56 Å². The summed E-state index contributed by atoms with van der Waals surface area (Å²) in [5, 5.41) is 7.82. The summed E-state index contributed by atoms with van der Waals surface area (Å²) >= 11 is 1.80. The Hall–Kier alpha value is -3.88. The highest BCUT2D eigenvalue weighted by molar-refractivity contribution is 7.99. The monoisotopic (exact) mass is 565 g/mol. The predicted octanol–water partition coefficient (Wildman–Crippen LogP) is 6.57. The van der Waals surface area contributed by atoms with E-state index in [4.69, 9.17) is 4.84 Å². The van der Waals surface area contributed by atoms with E-state index in [1.165, 1.54) is 32.4 Å². The Bertz CT molecular complexity index is 1480. The second kappa shape index (κ2) is 13.2. The van der Waals surface area contributed by atoms with Crippen molar-refractivity contribution in [2.24, 2.45) is 5.16 Å². The number of hydrogen-bond donors (Lipinski definition) is 1. The largest absolute Gasteiger partial charge is 0.395 e. The first kappa shape index (κ1) is 27.3. The SMILES string of the molecule is O=C(Nc1cccc(/C(=N/OCCCN2CCCCC2)c2ccccc2)c1)c1ccn2c1CSC2c1cccnc1. The van der Waals surface area contributed by atoms with Crippen molar-refractivity contribution in [2.75, 3.05) is 31.6 Å². The average molecular weight is 566 g/mol. The summed E-state index contributed by atoms with van der Waals surface area (Å²) in [4.78, 5) is 26.0. The van der Waals surface area contributed by atoms with Gasteiger partial charge in [-0.05, 0) is 56.6 Å². The summed E-state index contributed by atoms with van der Waals surface area (Å²) in [5.74, 6) is 0.658. The van der Waals surface area contributed by atoms with E-state index in [0.717, 1.165) is 52.5 Å². The van der Waals surface area contributed by atoms with Crippen molar-refractivity contribution in [3.05, 3.63) is 119 Å². The van der Waals surface area contributed by atoms with Gasteiger partial charge in [0.1, 0.15) is 17.7 Å². The number of nitrogens with zero attached hydrogens (tertiary/aromatic N) is 4. The summed E-state index contributed by atoms with van der Waals surface area (Å²) < 4.78 is 2.18. The van der Waals surface area contributed by atoms with Gasteiger partial charge in [0.2, 0.25) is 0 Å². The fourth-order valence-electron chi connectivity index (χ4n) is 5.53. The second-order valence-electron chi connectivity index (χ2n) is 10.5. The molecule has 1 fully saturated rings. The molecular formula is C33H35N5O2S. The number of thioether (sulfide) groups is 1. The van der Waals surface area contributed by atoms with Crippen molar-refractivity contribution in [3.8, 4) is 0 Å². The highest BCUT2D eigenvalue weighted by Gasteiger charge is 2.28. The number of carbonyl (C=O) groups is 1. The molecule has 41 heavy (non-hydrogen) atoms. The number of rotatable bonds is 10. The van der Waals surface area contributed by atoms with Gasteiger partial charge < -0.3 is 19.6 Å². The summed E-state index contributed by atoms with van der Waals surface area (Å²) in [5.41, 5.74) is 6.18. The third kappa shape index (κ3) is 6.55. The molecule has 2 aromatic carbocycles. The van der Waals surface area contributed by atoms with Crippen LogP contribution in [-0.2, 0) is 10.6 Å². The fourth-order valence-corrected chi connectivity index (χ4v) is 6.84. The van der Waals surface area contributed by atoms with E-state index < -0.39 is 0 Å². The number of pyridine rings is 1. The lowest BCUT2D eigenvalue weighted by atomic mass is 10.0. The Morgan fingerprint density at radius 1 is 1.00 bits per heavy atom. The summed E-state index contributed by atoms with van der Waals surface area (Å²) in [6.07, 6.45) is 10.6. The number of hydrogen-bond acceptors (Lipinski definition) is 6.